The Morgan fingerprint density at radius 3 is 2.69 bits per heavy atom. The van der Waals surface area contributed by atoms with Crippen LogP contribution in [0, 0.1) is 6.07 Å². The average molecular weight is 201 g/mol. The fourth-order valence-corrected chi connectivity index (χ4v) is 1.95. The molecule has 0 atom stereocenters. The zero-order valence-electron chi connectivity index (χ0n) is 6.35. The van der Waals surface area contributed by atoms with Gasteiger partial charge < -0.3 is 0 Å². The highest BCUT2D eigenvalue weighted by molar-refractivity contribution is 7.10. The zero-order chi connectivity index (χ0) is 9.47. The van der Waals surface area contributed by atoms with Gasteiger partial charge in [0.05, 0.1) is 0 Å². The molecule has 1 heterocycles. The summed E-state index contributed by atoms with van der Waals surface area (Å²) in [7, 11) is 0. The van der Waals surface area contributed by atoms with Crippen molar-refractivity contribution < 1.29 is 13.2 Å². The number of fused-ring (bicyclic) bond motifs is 1. The van der Waals surface area contributed by atoms with Gasteiger partial charge >= 0.3 is 6.18 Å². The topological polar surface area (TPSA) is 0 Å². The lowest BCUT2D eigenvalue weighted by Crippen LogP contribution is -2.04. The summed E-state index contributed by atoms with van der Waals surface area (Å²) < 4.78 is 37.2. The van der Waals surface area contributed by atoms with Crippen molar-refractivity contribution in [2.45, 2.75) is 6.18 Å². The van der Waals surface area contributed by atoms with E-state index in [9.17, 15) is 13.2 Å². The van der Waals surface area contributed by atoms with Gasteiger partial charge in [-0.3, -0.25) is 0 Å². The van der Waals surface area contributed by atoms with E-state index in [0.717, 1.165) is 0 Å². The lowest BCUT2D eigenvalue weighted by molar-refractivity contribution is -0.133. The van der Waals surface area contributed by atoms with Crippen molar-refractivity contribution in [3.63, 3.8) is 0 Å². The van der Waals surface area contributed by atoms with Crippen molar-refractivity contribution in [3.8, 4) is 11.1 Å². The van der Waals surface area contributed by atoms with Crippen molar-refractivity contribution in [1.82, 2.24) is 0 Å². The Labute approximate surface area is 77.0 Å². The van der Waals surface area contributed by atoms with E-state index in [1.54, 1.807) is 6.07 Å². The molecule has 2 aliphatic rings. The Morgan fingerprint density at radius 2 is 2.00 bits per heavy atom. The highest BCUT2D eigenvalue weighted by Gasteiger charge is 2.35. The van der Waals surface area contributed by atoms with Crippen LogP contribution in [0.2, 0.25) is 0 Å². The molecular weight excluding hydrogens is 197 g/mol. The minimum Gasteiger partial charge on any atom is -0.165 e. The standard InChI is InChI=1S/C9H4F3S/c10-9(11,12)8-7-3-1-2-6(7)4-5-13-8/h1,3-5H. The van der Waals surface area contributed by atoms with E-state index in [1.807, 2.05) is 0 Å². The van der Waals surface area contributed by atoms with E-state index >= 15 is 0 Å². The normalized spacial score (nSPS) is 12.2. The first-order chi connectivity index (χ1) is 6.09. The van der Waals surface area contributed by atoms with E-state index in [2.05, 4.69) is 6.07 Å². The van der Waals surface area contributed by atoms with Gasteiger partial charge in [-0.2, -0.15) is 13.2 Å². The molecule has 0 amide bonds. The lowest BCUT2D eigenvalue weighted by atomic mass is 10.1. The molecule has 67 valence electrons. The summed E-state index contributed by atoms with van der Waals surface area (Å²) in [4.78, 5) is -0.550. The maximum atomic E-state index is 12.4. The molecule has 0 spiro atoms. The smallest absolute Gasteiger partial charge is 0.165 e. The van der Waals surface area contributed by atoms with Crippen LogP contribution >= 0.6 is 11.3 Å². The SMILES string of the molecule is FC(F)(F)c1sccc2[c]ccc1-2. The molecule has 0 saturated heterocycles. The summed E-state index contributed by atoms with van der Waals surface area (Å²) >= 11 is 0.709. The molecule has 0 aromatic rings. The van der Waals surface area contributed by atoms with E-state index in [-0.39, 0.29) is 5.56 Å². The Hall–Kier alpha value is -1.03. The maximum Gasteiger partial charge on any atom is 0.426 e. The van der Waals surface area contributed by atoms with Crippen LogP contribution in [0.4, 0.5) is 13.2 Å². The second-order valence-corrected chi connectivity index (χ2v) is 3.47. The summed E-state index contributed by atoms with van der Waals surface area (Å²) in [6, 6.07) is 7.32. The molecule has 1 aliphatic carbocycles. The molecule has 0 unspecified atom stereocenters. The summed E-state index contributed by atoms with van der Waals surface area (Å²) in [5.74, 6) is 0. The molecule has 4 heteroatoms. The molecule has 0 nitrogen and oxygen atoms in total. The largest absolute Gasteiger partial charge is 0.426 e. The quantitative estimate of drug-likeness (QED) is 0.610. The Bertz CT molecular complexity index is 388. The van der Waals surface area contributed by atoms with Crippen molar-refractivity contribution >= 4 is 11.3 Å². The number of halogens is 3. The van der Waals surface area contributed by atoms with Crippen molar-refractivity contribution in [3.05, 3.63) is 34.5 Å². The van der Waals surface area contributed by atoms with Crippen LogP contribution in [-0.4, -0.2) is 0 Å². The van der Waals surface area contributed by atoms with E-state index < -0.39 is 11.1 Å². The third kappa shape index (κ3) is 1.42. The van der Waals surface area contributed by atoms with Crippen LogP contribution in [0.1, 0.15) is 4.88 Å². The first-order valence-electron chi connectivity index (χ1n) is 3.54. The van der Waals surface area contributed by atoms with Crippen LogP contribution in [0.15, 0.2) is 23.6 Å². The van der Waals surface area contributed by atoms with Crippen molar-refractivity contribution in [1.29, 1.82) is 0 Å². The number of hydrogen-bond donors (Lipinski definition) is 0. The zero-order valence-corrected chi connectivity index (χ0v) is 7.17. The third-order valence-electron chi connectivity index (χ3n) is 1.70. The van der Waals surface area contributed by atoms with Gasteiger partial charge in [-0.05, 0) is 23.1 Å². The van der Waals surface area contributed by atoms with Gasteiger partial charge in [-0.25, -0.2) is 0 Å². The summed E-state index contributed by atoms with van der Waals surface area (Å²) in [6.07, 6.45) is -4.26. The van der Waals surface area contributed by atoms with Crippen molar-refractivity contribution in [2.75, 3.05) is 0 Å². The molecule has 0 fully saturated rings. The van der Waals surface area contributed by atoms with E-state index in [0.29, 0.717) is 16.9 Å². The minimum atomic E-state index is -4.26. The number of hydrogen-bond acceptors (Lipinski definition) is 1. The van der Waals surface area contributed by atoms with Gasteiger partial charge in [0.2, 0.25) is 0 Å². The third-order valence-corrected chi connectivity index (χ3v) is 2.66. The lowest BCUT2D eigenvalue weighted by Gasteiger charge is -2.09. The number of rotatable bonds is 0. The van der Waals surface area contributed by atoms with E-state index in [4.69, 9.17) is 0 Å². The Kier molecular flexibility index (Phi) is 1.80. The average Bonchev–Trinajstić information content (AvgIpc) is 2.48. The van der Waals surface area contributed by atoms with Gasteiger partial charge in [0.25, 0.3) is 0 Å². The summed E-state index contributed by atoms with van der Waals surface area (Å²) in [6.45, 7) is 0. The van der Waals surface area contributed by atoms with Gasteiger partial charge in [-0.15, -0.1) is 11.3 Å². The summed E-state index contributed by atoms with van der Waals surface area (Å²) in [5.41, 5.74) is 0.756. The van der Waals surface area contributed by atoms with Crippen LogP contribution in [-0.2, 0) is 6.18 Å². The second kappa shape index (κ2) is 2.73. The van der Waals surface area contributed by atoms with Crippen LogP contribution in [0.3, 0.4) is 0 Å². The monoisotopic (exact) mass is 201 g/mol. The fourth-order valence-electron chi connectivity index (χ4n) is 1.17. The molecule has 1 aliphatic heterocycles. The van der Waals surface area contributed by atoms with Gasteiger partial charge in [0.15, 0.2) is 0 Å². The highest BCUT2D eigenvalue weighted by Crippen LogP contribution is 2.40. The highest BCUT2D eigenvalue weighted by atomic mass is 32.1. The molecular formula is C9H4F3S. The second-order valence-electron chi connectivity index (χ2n) is 2.55. The first kappa shape index (κ1) is 8.56. The minimum absolute atomic E-state index is 0.236. The maximum absolute atomic E-state index is 12.4. The van der Waals surface area contributed by atoms with Crippen molar-refractivity contribution in [2.24, 2.45) is 0 Å². The summed E-state index contributed by atoms with van der Waals surface area (Å²) in [5, 5.41) is 1.43. The predicted molar refractivity (Wildman–Crippen MR) is 44.8 cm³/mol. The van der Waals surface area contributed by atoms with Crippen LogP contribution < -0.4 is 0 Å². The van der Waals surface area contributed by atoms with E-state index in [1.165, 1.54) is 17.5 Å². The van der Waals surface area contributed by atoms with Gasteiger partial charge in [0.1, 0.15) is 4.88 Å². The molecule has 2 rings (SSSR count). The Morgan fingerprint density at radius 1 is 1.23 bits per heavy atom. The van der Waals surface area contributed by atoms with Gasteiger partial charge in [0, 0.05) is 5.56 Å². The Balaban J connectivity index is 2.65. The predicted octanol–water partition coefficient (Wildman–Crippen LogP) is 3.67. The molecule has 0 bridgehead atoms. The van der Waals surface area contributed by atoms with Crippen LogP contribution in [0.5, 0.6) is 0 Å². The fraction of sp³-hybridized carbons (Fsp3) is 0.111. The van der Waals surface area contributed by atoms with Gasteiger partial charge in [-0.1, -0.05) is 12.1 Å². The molecule has 0 saturated carbocycles. The molecule has 0 aromatic carbocycles. The number of alkyl halides is 3. The van der Waals surface area contributed by atoms with Crippen LogP contribution in [0.25, 0.3) is 11.1 Å². The molecule has 0 aromatic heterocycles. The first-order valence-corrected chi connectivity index (χ1v) is 4.42. The molecule has 1 radical (unpaired) electrons. The molecule has 13 heavy (non-hydrogen) atoms. The molecule has 0 N–H and O–H groups in total.